The summed E-state index contributed by atoms with van der Waals surface area (Å²) in [6.45, 7) is 12.4. The lowest BCUT2D eigenvalue weighted by atomic mass is 9.46. The molecule has 0 aromatic carbocycles. The molecule has 5 unspecified atom stereocenters. The van der Waals surface area contributed by atoms with Gasteiger partial charge < -0.3 is 14.9 Å². The Morgan fingerprint density at radius 2 is 2.07 bits per heavy atom. The minimum atomic E-state index is -0.499. The minimum absolute atomic E-state index is 0.0151. The first kappa shape index (κ1) is 20.1. The fourth-order valence-corrected chi connectivity index (χ4v) is 5.44. The van der Waals surface area contributed by atoms with Gasteiger partial charge in [0.1, 0.15) is 5.76 Å². The number of cyclic esters (lactones) is 1. The van der Waals surface area contributed by atoms with Gasteiger partial charge in [0, 0.05) is 11.3 Å². The molecule has 0 aromatic heterocycles. The van der Waals surface area contributed by atoms with Crippen LogP contribution in [0, 0.1) is 22.7 Å². The Morgan fingerprint density at radius 1 is 1.37 bits per heavy atom. The van der Waals surface area contributed by atoms with Gasteiger partial charge in [-0.1, -0.05) is 38.2 Å². The molecule has 27 heavy (non-hydrogen) atoms. The maximum atomic E-state index is 12.1. The smallest absolute Gasteiger partial charge is 0.343 e. The topological polar surface area (TPSA) is 66.8 Å². The molecule has 1 aliphatic heterocycles. The van der Waals surface area contributed by atoms with Gasteiger partial charge in [-0.15, -0.1) is 0 Å². The zero-order chi connectivity index (χ0) is 20.0. The molecular formula is C23H32O4. The van der Waals surface area contributed by atoms with E-state index in [-0.39, 0.29) is 29.8 Å². The lowest BCUT2D eigenvalue weighted by Gasteiger charge is -2.59. The molecule has 2 aliphatic carbocycles. The van der Waals surface area contributed by atoms with Gasteiger partial charge in [0.2, 0.25) is 0 Å². The molecule has 4 nitrogen and oxygen atoms in total. The summed E-state index contributed by atoms with van der Waals surface area (Å²) in [5, 5.41) is 20.6. The van der Waals surface area contributed by atoms with Crippen LogP contribution in [0.1, 0.15) is 53.4 Å². The highest BCUT2D eigenvalue weighted by molar-refractivity contribution is 5.95. The summed E-state index contributed by atoms with van der Waals surface area (Å²) >= 11 is 0. The first-order valence-corrected chi connectivity index (χ1v) is 9.89. The summed E-state index contributed by atoms with van der Waals surface area (Å²) in [6.07, 6.45) is 8.63. The number of ether oxygens (including phenoxy) is 1. The highest BCUT2D eigenvalue weighted by Crippen LogP contribution is 2.61. The molecule has 0 aromatic rings. The predicted octanol–water partition coefficient (Wildman–Crippen LogP) is 4.06. The third kappa shape index (κ3) is 3.23. The molecule has 148 valence electrons. The second-order valence-corrected chi connectivity index (χ2v) is 9.16. The summed E-state index contributed by atoms with van der Waals surface area (Å²) in [5.41, 5.74) is 2.10. The molecule has 5 atom stereocenters. The van der Waals surface area contributed by atoms with Crippen LogP contribution in [0.2, 0.25) is 0 Å². The summed E-state index contributed by atoms with van der Waals surface area (Å²) in [6, 6.07) is 0. The van der Waals surface area contributed by atoms with Crippen molar-refractivity contribution in [3.05, 3.63) is 47.3 Å². The van der Waals surface area contributed by atoms with Crippen molar-refractivity contribution in [3.8, 4) is 0 Å². The van der Waals surface area contributed by atoms with Crippen molar-refractivity contribution >= 4 is 5.97 Å². The van der Waals surface area contributed by atoms with Crippen molar-refractivity contribution in [2.75, 3.05) is 6.61 Å². The highest BCUT2D eigenvalue weighted by Gasteiger charge is 2.57. The van der Waals surface area contributed by atoms with Gasteiger partial charge in [-0.2, -0.15) is 0 Å². The Hall–Kier alpha value is -1.65. The molecule has 2 fully saturated rings. The number of rotatable bonds is 3. The molecule has 0 radical (unpaired) electrons. The van der Waals surface area contributed by atoms with E-state index in [0.717, 1.165) is 30.4 Å². The van der Waals surface area contributed by atoms with Crippen LogP contribution in [0.4, 0.5) is 0 Å². The van der Waals surface area contributed by atoms with Gasteiger partial charge in [-0.05, 0) is 62.5 Å². The van der Waals surface area contributed by atoms with E-state index >= 15 is 0 Å². The zero-order valence-corrected chi connectivity index (χ0v) is 16.9. The second-order valence-electron chi connectivity index (χ2n) is 9.16. The third-order valence-electron chi connectivity index (χ3n) is 7.24. The average molecular weight is 373 g/mol. The van der Waals surface area contributed by atoms with Crippen LogP contribution in [-0.4, -0.2) is 28.9 Å². The normalized spacial score (nSPS) is 39.4. The largest absolute Gasteiger partial charge is 0.423 e. The Bertz CT molecular complexity index is 739. The van der Waals surface area contributed by atoms with Crippen LogP contribution in [0.25, 0.3) is 0 Å². The van der Waals surface area contributed by atoms with Crippen LogP contribution in [-0.2, 0) is 9.53 Å². The van der Waals surface area contributed by atoms with E-state index in [1.54, 1.807) is 6.08 Å². The number of hydrogen-bond donors (Lipinski definition) is 2. The lowest BCUT2D eigenvalue weighted by molar-refractivity contribution is -0.145. The molecule has 0 saturated heterocycles. The van der Waals surface area contributed by atoms with Crippen LogP contribution in [0.3, 0.4) is 0 Å². The maximum Gasteiger partial charge on any atom is 0.343 e. The standard InChI is InChI=1S/C23H32O4/c1-14(2)18-12-16(21(26)27-18)7-8-17-15(3)6-9-19-22(17,4)11-10-20(25)23(19,5)13-24/h7-8,12,17,19-20,24-25H,3,6,9-11,13H2,1-2,4-5H3/b8-7+. The van der Waals surface area contributed by atoms with Crippen molar-refractivity contribution < 1.29 is 19.7 Å². The highest BCUT2D eigenvalue weighted by atomic mass is 16.5. The minimum Gasteiger partial charge on any atom is -0.423 e. The Balaban J connectivity index is 1.93. The van der Waals surface area contributed by atoms with E-state index in [0.29, 0.717) is 17.8 Å². The molecule has 2 saturated carbocycles. The number of hydrogen-bond acceptors (Lipinski definition) is 4. The molecule has 1 heterocycles. The van der Waals surface area contributed by atoms with E-state index in [1.807, 2.05) is 26.8 Å². The quantitative estimate of drug-likeness (QED) is 0.579. The first-order chi connectivity index (χ1) is 12.6. The fraction of sp³-hybridized carbons (Fsp3) is 0.609. The van der Waals surface area contributed by atoms with Crippen LogP contribution < -0.4 is 0 Å². The number of esters is 1. The van der Waals surface area contributed by atoms with Crippen molar-refractivity contribution in [1.29, 1.82) is 0 Å². The van der Waals surface area contributed by atoms with Gasteiger partial charge in [-0.25, -0.2) is 4.79 Å². The van der Waals surface area contributed by atoms with Crippen molar-refractivity contribution in [2.45, 2.75) is 59.5 Å². The number of allylic oxidation sites excluding steroid dienone is 4. The molecule has 3 aliphatic rings. The van der Waals surface area contributed by atoms with Crippen LogP contribution in [0.5, 0.6) is 0 Å². The Labute approximate surface area is 162 Å². The van der Waals surface area contributed by atoms with Crippen molar-refractivity contribution in [3.63, 3.8) is 0 Å². The number of carbonyl (C=O) groups is 1. The zero-order valence-electron chi connectivity index (χ0n) is 16.9. The van der Waals surface area contributed by atoms with E-state index in [2.05, 4.69) is 19.6 Å². The summed E-state index contributed by atoms with van der Waals surface area (Å²) in [4.78, 5) is 12.1. The number of aliphatic hydroxyl groups is 2. The van der Waals surface area contributed by atoms with Crippen LogP contribution in [0.15, 0.2) is 47.3 Å². The fourth-order valence-electron chi connectivity index (χ4n) is 5.44. The summed E-state index contributed by atoms with van der Waals surface area (Å²) in [5.74, 6) is 0.625. The van der Waals surface area contributed by atoms with Gasteiger partial charge in [0.05, 0.1) is 18.3 Å². The van der Waals surface area contributed by atoms with E-state index in [1.165, 1.54) is 0 Å². The molecule has 3 rings (SSSR count). The third-order valence-corrected chi connectivity index (χ3v) is 7.24. The van der Waals surface area contributed by atoms with Gasteiger partial charge in [-0.3, -0.25) is 0 Å². The van der Waals surface area contributed by atoms with Gasteiger partial charge in [0.15, 0.2) is 0 Å². The lowest BCUT2D eigenvalue weighted by Crippen LogP contribution is -2.57. The Morgan fingerprint density at radius 3 is 2.67 bits per heavy atom. The van der Waals surface area contributed by atoms with Crippen molar-refractivity contribution in [2.24, 2.45) is 22.7 Å². The second kappa shape index (κ2) is 7.06. The first-order valence-electron chi connectivity index (χ1n) is 9.89. The van der Waals surface area contributed by atoms with Gasteiger partial charge in [0.25, 0.3) is 0 Å². The molecule has 2 N–H and O–H groups in total. The van der Waals surface area contributed by atoms with Crippen molar-refractivity contribution in [1.82, 2.24) is 0 Å². The summed E-state index contributed by atoms with van der Waals surface area (Å²) in [7, 11) is 0. The molecule has 0 amide bonds. The number of carbonyl (C=O) groups excluding carboxylic acids is 1. The van der Waals surface area contributed by atoms with Gasteiger partial charge >= 0.3 is 5.97 Å². The molecule has 4 heteroatoms. The molecule has 0 spiro atoms. The maximum absolute atomic E-state index is 12.1. The Kier molecular flexibility index (Phi) is 5.26. The summed E-state index contributed by atoms with van der Waals surface area (Å²) < 4.78 is 5.31. The van der Waals surface area contributed by atoms with Crippen LogP contribution >= 0.6 is 0 Å². The monoisotopic (exact) mass is 372 g/mol. The predicted molar refractivity (Wildman–Crippen MR) is 106 cm³/mol. The SMILES string of the molecule is C=C1CCC2C(C)(CO)C(O)CCC2(C)C1/C=C/C1=CC(=C(C)C)OC1=O. The number of fused-ring (bicyclic) bond motifs is 1. The van der Waals surface area contributed by atoms with E-state index < -0.39 is 11.5 Å². The van der Waals surface area contributed by atoms with E-state index in [9.17, 15) is 15.0 Å². The average Bonchev–Trinajstić information content (AvgIpc) is 2.99. The molecular weight excluding hydrogens is 340 g/mol. The van der Waals surface area contributed by atoms with E-state index in [4.69, 9.17) is 4.74 Å². The molecule has 0 bridgehead atoms. The number of aliphatic hydroxyl groups excluding tert-OH is 2.